The molecule has 0 bridgehead atoms. The van der Waals surface area contributed by atoms with Gasteiger partial charge in [0.05, 0.1) is 30.6 Å². The topological polar surface area (TPSA) is 92.8 Å². The minimum absolute atomic E-state index is 0.219. The van der Waals surface area contributed by atoms with Crippen LogP contribution in [-0.4, -0.2) is 62.4 Å². The van der Waals surface area contributed by atoms with Crippen LogP contribution in [-0.2, 0) is 18.3 Å². The molecule has 4 heterocycles. The number of rotatable bonds is 4. The van der Waals surface area contributed by atoms with E-state index in [1.54, 1.807) is 17.1 Å². The molecule has 0 unspecified atom stereocenters. The van der Waals surface area contributed by atoms with Crippen molar-refractivity contribution in [2.24, 2.45) is 7.05 Å². The van der Waals surface area contributed by atoms with Crippen LogP contribution in [0.4, 0.5) is 0 Å². The number of aliphatic hydroxyl groups excluding tert-OH is 1. The molecule has 2 N–H and O–H groups in total. The molecule has 2 atom stereocenters. The van der Waals surface area contributed by atoms with Crippen molar-refractivity contribution in [2.45, 2.75) is 56.9 Å². The minimum Gasteiger partial charge on any atom is -0.465 e. The maximum atomic E-state index is 12.6. The monoisotopic (exact) mass is 402 g/mol. The number of ether oxygens (including phenoxy) is 1. The summed E-state index contributed by atoms with van der Waals surface area (Å²) in [6.45, 7) is 6.65. The van der Waals surface area contributed by atoms with Gasteiger partial charge in [-0.1, -0.05) is 0 Å². The molecular formula is C21H30N4O4. The Kier molecular flexibility index (Phi) is 5.27. The quantitative estimate of drug-likeness (QED) is 0.808. The second-order valence-corrected chi connectivity index (χ2v) is 8.77. The minimum atomic E-state index is -0.759. The van der Waals surface area contributed by atoms with E-state index in [-0.39, 0.29) is 18.1 Å². The third-order valence-electron chi connectivity index (χ3n) is 6.25. The average Bonchev–Trinajstić information content (AvgIpc) is 3.29. The second kappa shape index (κ2) is 7.59. The van der Waals surface area contributed by atoms with E-state index in [4.69, 9.17) is 9.15 Å². The molecular weight excluding hydrogens is 372 g/mol. The highest BCUT2D eigenvalue weighted by Gasteiger charge is 2.50. The molecule has 2 fully saturated rings. The maximum Gasteiger partial charge on any atom is 0.271 e. The highest BCUT2D eigenvalue weighted by atomic mass is 16.5. The van der Waals surface area contributed by atoms with Crippen LogP contribution in [0.15, 0.2) is 29.1 Å². The van der Waals surface area contributed by atoms with E-state index in [0.29, 0.717) is 12.1 Å². The summed E-state index contributed by atoms with van der Waals surface area (Å²) in [6, 6.07) is 4.01. The van der Waals surface area contributed by atoms with E-state index < -0.39 is 11.6 Å². The number of furan rings is 1. The molecule has 0 aromatic carbocycles. The number of nitrogens with one attached hydrogen (secondary N) is 1. The number of hydrogen-bond acceptors (Lipinski definition) is 6. The van der Waals surface area contributed by atoms with Crippen LogP contribution in [0.3, 0.4) is 0 Å². The van der Waals surface area contributed by atoms with Gasteiger partial charge < -0.3 is 24.1 Å². The lowest BCUT2D eigenvalue weighted by Gasteiger charge is -2.51. The van der Waals surface area contributed by atoms with Gasteiger partial charge in [0.25, 0.3) is 5.91 Å². The van der Waals surface area contributed by atoms with Gasteiger partial charge in [-0.15, -0.1) is 0 Å². The molecule has 8 heteroatoms. The van der Waals surface area contributed by atoms with E-state index in [0.717, 1.165) is 44.0 Å². The van der Waals surface area contributed by atoms with Crippen molar-refractivity contribution in [2.75, 3.05) is 19.7 Å². The molecule has 0 aliphatic carbocycles. The van der Waals surface area contributed by atoms with Gasteiger partial charge in [0, 0.05) is 32.8 Å². The molecule has 8 nitrogen and oxygen atoms in total. The number of hydrogen-bond donors (Lipinski definition) is 2. The van der Waals surface area contributed by atoms with Crippen molar-refractivity contribution in [3.05, 3.63) is 41.9 Å². The van der Waals surface area contributed by atoms with Gasteiger partial charge in [0.2, 0.25) is 0 Å². The van der Waals surface area contributed by atoms with Gasteiger partial charge in [-0.25, -0.2) is 4.98 Å². The van der Waals surface area contributed by atoms with Crippen LogP contribution in [0.1, 0.15) is 48.2 Å². The molecule has 2 saturated heterocycles. The Morgan fingerprint density at radius 2 is 2.14 bits per heavy atom. The first-order valence-electron chi connectivity index (χ1n) is 10.2. The number of aliphatic hydroxyl groups is 1. The van der Waals surface area contributed by atoms with Gasteiger partial charge in [-0.3, -0.25) is 9.69 Å². The highest BCUT2D eigenvalue weighted by molar-refractivity contribution is 5.92. The maximum absolute atomic E-state index is 12.6. The van der Waals surface area contributed by atoms with Gasteiger partial charge >= 0.3 is 0 Å². The van der Waals surface area contributed by atoms with E-state index >= 15 is 0 Å². The molecule has 0 saturated carbocycles. The van der Waals surface area contributed by atoms with Gasteiger partial charge in [-0.2, -0.15) is 0 Å². The van der Waals surface area contributed by atoms with E-state index in [2.05, 4.69) is 15.2 Å². The van der Waals surface area contributed by atoms with E-state index in [1.807, 2.05) is 33.0 Å². The van der Waals surface area contributed by atoms with Gasteiger partial charge in [-0.05, 0) is 38.8 Å². The van der Waals surface area contributed by atoms with Crippen molar-refractivity contribution in [1.29, 1.82) is 0 Å². The predicted octanol–water partition coefficient (Wildman–Crippen LogP) is 1.63. The van der Waals surface area contributed by atoms with Crippen LogP contribution < -0.4 is 5.32 Å². The summed E-state index contributed by atoms with van der Waals surface area (Å²) < 4.78 is 13.6. The number of carbonyl (C=O) groups excluding carboxylic acids is 1. The summed E-state index contributed by atoms with van der Waals surface area (Å²) in [5, 5.41) is 13.6. The highest BCUT2D eigenvalue weighted by Crippen LogP contribution is 2.40. The van der Waals surface area contributed by atoms with Gasteiger partial charge in [0.1, 0.15) is 23.3 Å². The van der Waals surface area contributed by atoms with Crippen LogP contribution in [0.5, 0.6) is 0 Å². The number of piperidine rings is 1. The Balaban J connectivity index is 1.39. The van der Waals surface area contributed by atoms with Crippen molar-refractivity contribution < 1.29 is 19.1 Å². The van der Waals surface area contributed by atoms with Crippen LogP contribution in [0, 0.1) is 6.92 Å². The first-order valence-corrected chi connectivity index (χ1v) is 10.2. The first-order chi connectivity index (χ1) is 13.8. The molecule has 29 heavy (non-hydrogen) atoms. The van der Waals surface area contributed by atoms with E-state index in [1.165, 1.54) is 0 Å². The normalized spacial score (nSPS) is 27.2. The molecule has 1 amide bonds. The largest absolute Gasteiger partial charge is 0.465 e. The van der Waals surface area contributed by atoms with Crippen molar-refractivity contribution in [3.8, 4) is 0 Å². The van der Waals surface area contributed by atoms with E-state index in [9.17, 15) is 9.90 Å². The third-order valence-corrected chi connectivity index (χ3v) is 6.25. The van der Waals surface area contributed by atoms with Crippen molar-refractivity contribution >= 4 is 5.91 Å². The fourth-order valence-electron chi connectivity index (χ4n) is 4.49. The molecule has 2 aliphatic heterocycles. The molecule has 158 valence electrons. The number of carbonyl (C=O) groups is 1. The molecule has 1 spiro atoms. The van der Waals surface area contributed by atoms with Crippen LogP contribution >= 0.6 is 0 Å². The number of imidazole rings is 1. The summed E-state index contributed by atoms with van der Waals surface area (Å²) in [6.07, 6.45) is 4.80. The Hall–Kier alpha value is -2.16. The number of aryl methyl sites for hydroxylation is 2. The number of likely N-dealkylation sites (tertiary alicyclic amines) is 1. The summed E-state index contributed by atoms with van der Waals surface area (Å²) >= 11 is 0. The average molecular weight is 402 g/mol. The lowest BCUT2D eigenvalue weighted by atomic mass is 9.74. The zero-order valence-corrected chi connectivity index (χ0v) is 17.4. The predicted molar refractivity (Wildman–Crippen MR) is 106 cm³/mol. The Morgan fingerprint density at radius 3 is 2.76 bits per heavy atom. The molecule has 2 aliphatic rings. The molecule has 0 radical (unpaired) electrons. The van der Waals surface area contributed by atoms with Crippen molar-refractivity contribution in [1.82, 2.24) is 19.8 Å². The zero-order chi connectivity index (χ0) is 20.6. The molecule has 4 rings (SSSR count). The smallest absolute Gasteiger partial charge is 0.271 e. The second-order valence-electron chi connectivity index (χ2n) is 8.77. The summed E-state index contributed by atoms with van der Waals surface area (Å²) in [7, 11) is 1.82. The van der Waals surface area contributed by atoms with Crippen molar-refractivity contribution in [3.63, 3.8) is 0 Å². The first kappa shape index (κ1) is 20.1. The third kappa shape index (κ3) is 4.24. The SMILES string of the molecule is Cc1ccc(CN2CCC3(CC2)C[C@](C)(NC(=O)c2cn(C)cn2)[C@@H](O)CO3)o1. The molecule has 2 aromatic heterocycles. The Labute approximate surface area is 170 Å². The summed E-state index contributed by atoms with van der Waals surface area (Å²) in [5.74, 6) is 1.64. The summed E-state index contributed by atoms with van der Waals surface area (Å²) in [5.41, 5.74) is -0.737. The summed E-state index contributed by atoms with van der Waals surface area (Å²) in [4.78, 5) is 19.1. The Bertz CT molecular complexity index is 868. The molecule has 2 aromatic rings. The van der Waals surface area contributed by atoms with Gasteiger partial charge in [0.15, 0.2) is 0 Å². The fraction of sp³-hybridized carbons (Fsp3) is 0.619. The van der Waals surface area contributed by atoms with Crippen LogP contribution in [0.25, 0.3) is 0 Å². The lowest BCUT2D eigenvalue weighted by Crippen LogP contribution is -2.65. The number of nitrogens with zero attached hydrogens (tertiary/aromatic N) is 3. The zero-order valence-electron chi connectivity index (χ0n) is 17.4. The standard InChI is InChI=1S/C21H30N4O4/c1-15-4-5-16(29-15)10-25-8-6-21(7-9-25)13-20(2,18(26)12-28-21)23-19(27)17-11-24(3)14-22-17/h4-5,11,14,18,26H,6-10,12-13H2,1-3H3,(H,23,27)/t18-,20-/m0/s1. The number of aromatic nitrogens is 2. The van der Waals surface area contributed by atoms with Crippen LogP contribution in [0.2, 0.25) is 0 Å². The Morgan fingerprint density at radius 1 is 1.38 bits per heavy atom. The lowest BCUT2D eigenvalue weighted by molar-refractivity contribution is -0.178. The number of amides is 1. The fourth-order valence-corrected chi connectivity index (χ4v) is 4.49.